The molecule has 5 heterocycles. The van der Waals surface area contributed by atoms with Crippen LogP contribution in [0.4, 0.5) is 0 Å². The highest BCUT2D eigenvalue weighted by Gasteiger charge is 2.27. The Morgan fingerprint density at radius 1 is 0.268 bits per heavy atom. The lowest BCUT2D eigenvalue weighted by Crippen LogP contribution is -2.04. The number of hydrogen-bond donors (Lipinski definition) is 0. The van der Waals surface area contributed by atoms with E-state index < -0.39 is 0 Å². The van der Waals surface area contributed by atoms with E-state index in [1.54, 1.807) is 0 Å². The van der Waals surface area contributed by atoms with Gasteiger partial charge in [0.2, 0.25) is 11.6 Å². The van der Waals surface area contributed by atoms with Crippen molar-refractivity contribution in [3.05, 3.63) is 285 Å². The summed E-state index contributed by atoms with van der Waals surface area (Å²) < 4.78 is 11.9. The maximum atomic E-state index is 5.42. The zero-order chi connectivity index (χ0) is 54.0. The van der Waals surface area contributed by atoms with Crippen molar-refractivity contribution < 1.29 is 0 Å². The molecule has 0 aliphatic carbocycles. The van der Waals surface area contributed by atoms with Gasteiger partial charge in [-0.25, -0.2) is 9.97 Å². The lowest BCUT2D eigenvalue weighted by Gasteiger charge is -2.24. The van der Waals surface area contributed by atoms with Crippen molar-refractivity contribution in [2.24, 2.45) is 0 Å². The second-order valence-electron chi connectivity index (χ2n) is 21.4. The van der Waals surface area contributed by atoms with Gasteiger partial charge in [-0.05, 0) is 154 Å². The van der Waals surface area contributed by atoms with Crippen LogP contribution >= 0.6 is 0 Å². The summed E-state index contributed by atoms with van der Waals surface area (Å²) in [5.74, 6) is 1.73. The minimum Gasteiger partial charge on any atom is -0.308 e. The lowest BCUT2D eigenvalue weighted by molar-refractivity contribution is 1.11. The Balaban J connectivity index is 0.992. The van der Waals surface area contributed by atoms with E-state index in [1.807, 2.05) is 0 Å². The summed E-state index contributed by atoms with van der Waals surface area (Å²) in [5.41, 5.74) is 26.4. The minimum atomic E-state index is 0.863. The van der Waals surface area contributed by atoms with Crippen LogP contribution < -0.4 is 0 Å². The van der Waals surface area contributed by atoms with Crippen LogP contribution in [0.15, 0.2) is 279 Å². The average Bonchev–Trinajstić information content (AvgIpc) is 3.06. The van der Waals surface area contributed by atoms with E-state index in [0.717, 1.165) is 128 Å². The fourth-order valence-corrected chi connectivity index (χ4v) is 13.2. The molecular weight excluding hydrogens is 999 g/mol. The molecule has 17 aromatic rings. The molecule has 0 aliphatic heterocycles. The molecule has 17 rings (SSSR count). The largest absolute Gasteiger partial charge is 0.308 e. The Morgan fingerprint density at radius 3 is 1.13 bits per heavy atom. The van der Waals surface area contributed by atoms with Crippen LogP contribution in [-0.4, -0.2) is 32.5 Å². The van der Waals surface area contributed by atoms with Crippen molar-refractivity contribution in [3.8, 4) is 72.7 Å². The van der Waals surface area contributed by atoms with E-state index in [2.05, 4.69) is 308 Å². The molecule has 12 aromatic carbocycles. The first kappa shape index (κ1) is 45.9. The third kappa shape index (κ3) is 6.90. The Bertz CT molecular complexity index is 5320. The highest BCUT2D eigenvalue weighted by Crippen LogP contribution is 2.47. The number of fused-ring (bicyclic) bond motifs is 13. The molecule has 0 fully saturated rings. The van der Waals surface area contributed by atoms with Crippen LogP contribution in [0.25, 0.3) is 150 Å². The average molecular weight is 1050 g/mol. The van der Waals surface area contributed by atoms with Crippen LogP contribution in [0.1, 0.15) is 5.56 Å². The summed E-state index contributed by atoms with van der Waals surface area (Å²) in [7, 11) is 0. The van der Waals surface area contributed by atoms with Gasteiger partial charge in [0.05, 0.1) is 60.9 Å². The molecule has 0 radical (unpaired) electrons. The third-order valence-corrected chi connectivity index (χ3v) is 16.9. The molecule has 0 saturated carbocycles. The zero-order valence-electron chi connectivity index (χ0n) is 44.7. The highest BCUT2D eigenvalue weighted by atomic mass is 15.2. The van der Waals surface area contributed by atoms with Gasteiger partial charge in [0.25, 0.3) is 0 Å². The fourth-order valence-electron chi connectivity index (χ4n) is 13.2. The Kier molecular flexibility index (Phi) is 10.1. The van der Waals surface area contributed by atoms with Gasteiger partial charge in [-0.15, -0.1) is 0 Å². The molecule has 7 heteroatoms. The van der Waals surface area contributed by atoms with Gasteiger partial charge in [-0.1, -0.05) is 188 Å². The van der Waals surface area contributed by atoms with Crippen LogP contribution in [0, 0.1) is 6.92 Å². The normalized spacial score (nSPS) is 12.0. The first-order chi connectivity index (χ1) is 40.6. The highest BCUT2D eigenvalue weighted by molar-refractivity contribution is 6.11. The second-order valence-corrected chi connectivity index (χ2v) is 21.4. The van der Waals surface area contributed by atoms with Crippen LogP contribution in [0.5, 0.6) is 0 Å². The SMILES string of the molecule is Cc1c(-c2ccccc2)c(-c2ccc3c(c2)n2c4cc(-c5ccccc5)ccc4nc2n3-c2ccccc2)cc(-c2ccc3c(c2)n2c4cc(-c5ccccc5)ccc4nc2n3-c2ccccc2)c1-n1c2ccccc2c2ccccc21. The number of imidazole rings is 4. The van der Waals surface area contributed by atoms with Crippen molar-refractivity contribution >= 4 is 77.5 Å². The molecule has 0 spiro atoms. The summed E-state index contributed by atoms with van der Waals surface area (Å²) in [5, 5.41) is 2.43. The molecule has 0 saturated heterocycles. The van der Waals surface area contributed by atoms with E-state index >= 15 is 0 Å². The Labute approximate surface area is 471 Å². The summed E-state index contributed by atoms with van der Waals surface area (Å²) in [4.78, 5) is 10.8. The van der Waals surface area contributed by atoms with Crippen LogP contribution in [0.2, 0.25) is 0 Å². The summed E-state index contributed by atoms with van der Waals surface area (Å²) in [6, 6.07) is 101. The van der Waals surface area contributed by atoms with E-state index in [9.17, 15) is 0 Å². The van der Waals surface area contributed by atoms with Crippen molar-refractivity contribution in [3.63, 3.8) is 0 Å². The second kappa shape index (κ2) is 18.0. The monoisotopic (exact) mass is 1050 g/mol. The van der Waals surface area contributed by atoms with Gasteiger partial charge in [0, 0.05) is 27.7 Å². The smallest absolute Gasteiger partial charge is 0.220 e. The van der Waals surface area contributed by atoms with Crippen molar-refractivity contribution in [2.45, 2.75) is 6.92 Å². The predicted octanol–water partition coefficient (Wildman–Crippen LogP) is 18.9. The van der Waals surface area contributed by atoms with Gasteiger partial charge < -0.3 is 4.57 Å². The van der Waals surface area contributed by atoms with E-state index in [4.69, 9.17) is 9.97 Å². The van der Waals surface area contributed by atoms with Gasteiger partial charge >= 0.3 is 0 Å². The van der Waals surface area contributed by atoms with Gasteiger partial charge in [0.15, 0.2) is 0 Å². The molecule has 384 valence electrons. The number of nitrogens with zero attached hydrogens (tertiary/aromatic N) is 7. The first-order valence-corrected chi connectivity index (χ1v) is 28.0. The molecule has 5 aromatic heterocycles. The van der Waals surface area contributed by atoms with Gasteiger partial charge in [-0.3, -0.25) is 17.9 Å². The Morgan fingerprint density at radius 2 is 0.659 bits per heavy atom. The molecule has 0 N–H and O–H groups in total. The fraction of sp³-hybridized carbons (Fsp3) is 0.0133. The van der Waals surface area contributed by atoms with E-state index in [0.29, 0.717) is 0 Å². The number of benzene rings is 12. The lowest BCUT2D eigenvalue weighted by atomic mass is 9.85. The predicted molar refractivity (Wildman–Crippen MR) is 339 cm³/mol. The molecule has 0 amide bonds. The summed E-state index contributed by atoms with van der Waals surface area (Å²) in [6.07, 6.45) is 0. The summed E-state index contributed by atoms with van der Waals surface area (Å²) >= 11 is 0. The zero-order valence-corrected chi connectivity index (χ0v) is 44.7. The van der Waals surface area contributed by atoms with Crippen molar-refractivity contribution in [1.82, 2.24) is 32.5 Å². The summed E-state index contributed by atoms with van der Waals surface area (Å²) in [6.45, 7) is 2.34. The maximum absolute atomic E-state index is 5.42. The minimum absolute atomic E-state index is 0.863. The van der Waals surface area contributed by atoms with Gasteiger partial charge in [0.1, 0.15) is 0 Å². The molecule has 0 atom stereocenters. The molecule has 0 unspecified atom stereocenters. The number of para-hydroxylation sites is 4. The third-order valence-electron chi connectivity index (χ3n) is 16.9. The standard InChI is InChI=1S/C75H49N7/c1-48-72(51-25-11-4-12-26-51)60(54-37-41-66-70(45-54)81-68-43-52(49-21-7-2-8-22-49)35-39-62(68)76-74(81)78(66)56-27-13-5-14-28-56)47-61(73(48)80-64-33-19-17-31-58(64)59-32-18-20-34-65(59)80)55-38-42-67-71(46-55)82-69-44-53(50-23-9-3-10-24-50)36-40-63(69)77-75(82)79(67)57-29-15-6-16-30-57/h2-47H,1H3. The van der Waals surface area contributed by atoms with Crippen molar-refractivity contribution in [1.29, 1.82) is 0 Å². The number of rotatable bonds is 8. The number of hydrogen-bond acceptors (Lipinski definition) is 2. The molecule has 0 aliphatic rings. The van der Waals surface area contributed by atoms with Gasteiger partial charge in [-0.2, -0.15) is 0 Å². The maximum Gasteiger partial charge on any atom is 0.220 e. The molecule has 0 bridgehead atoms. The van der Waals surface area contributed by atoms with E-state index in [1.165, 1.54) is 27.5 Å². The Hall–Kier alpha value is -11.0. The topological polar surface area (TPSA) is 49.4 Å². The van der Waals surface area contributed by atoms with Crippen LogP contribution in [-0.2, 0) is 0 Å². The quantitative estimate of drug-likeness (QED) is 0.152. The molecular formula is C75H49N7. The molecule has 82 heavy (non-hydrogen) atoms. The van der Waals surface area contributed by atoms with Crippen LogP contribution in [0.3, 0.4) is 0 Å². The molecule has 7 nitrogen and oxygen atoms in total. The van der Waals surface area contributed by atoms with Crippen molar-refractivity contribution in [2.75, 3.05) is 0 Å². The number of aromatic nitrogens is 7. The first-order valence-electron chi connectivity index (χ1n) is 28.0. The van der Waals surface area contributed by atoms with E-state index in [-0.39, 0.29) is 0 Å².